The number of nitrogens with two attached hydrogens (primary N) is 1. The van der Waals surface area contributed by atoms with Gasteiger partial charge in [0.05, 0.1) is 4.05 Å². The number of hydrogen-bond donors (Lipinski definition) is 2. The number of aliphatic carboxylic acids is 1. The van der Waals surface area contributed by atoms with Gasteiger partial charge in [-0.3, -0.25) is 4.79 Å². The molecule has 0 aromatic rings. The maximum Gasteiger partial charge on any atom is 0.303 e. The van der Waals surface area contributed by atoms with Crippen LogP contribution in [0.5, 0.6) is 0 Å². The van der Waals surface area contributed by atoms with E-state index in [9.17, 15) is 4.79 Å². The summed E-state index contributed by atoms with van der Waals surface area (Å²) in [6.07, 6.45) is 1.70. The molecule has 4 heteroatoms. The highest BCUT2D eigenvalue weighted by Gasteiger charge is 1.98. The minimum Gasteiger partial charge on any atom is -0.481 e. The van der Waals surface area contributed by atoms with Crippen molar-refractivity contribution in [3.63, 3.8) is 0 Å². The van der Waals surface area contributed by atoms with Crippen LogP contribution in [0.15, 0.2) is 0 Å². The lowest BCUT2D eigenvalue weighted by Crippen LogP contribution is -2.10. The molecule has 0 bridgehead atoms. The van der Waals surface area contributed by atoms with Gasteiger partial charge in [-0.25, -0.2) is 0 Å². The first kappa shape index (κ1) is 9.16. The quantitative estimate of drug-likeness (QED) is 0.439. The first-order valence-electron chi connectivity index (χ1n) is 2.74. The predicted octanol–water partition coefficient (Wildman–Crippen LogP) is 0.961. The molecule has 9 heavy (non-hydrogen) atoms. The van der Waals surface area contributed by atoms with Gasteiger partial charge in [0.2, 0.25) is 0 Å². The van der Waals surface area contributed by atoms with Gasteiger partial charge in [-0.1, -0.05) is 22.6 Å². The third kappa shape index (κ3) is 8.16. The fraction of sp³-hybridized carbons (Fsp3) is 0.800. The molecule has 0 saturated heterocycles. The summed E-state index contributed by atoms with van der Waals surface area (Å²) in [7, 11) is 0. The van der Waals surface area contributed by atoms with E-state index < -0.39 is 5.97 Å². The molecule has 0 aliphatic carbocycles. The molecule has 0 radical (unpaired) electrons. The van der Waals surface area contributed by atoms with Crippen molar-refractivity contribution in [1.29, 1.82) is 0 Å². The summed E-state index contributed by atoms with van der Waals surface area (Å²) in [5, 5.41) is 8.18. The molecule has 0 spiro atoms. The Morgan fingerprint density at radius 3 is 2.67 bits per heavy atom. The highest BCUT2D eigenvalue weighted by Crippen LogP contribution is 2.03. The fourth-order valence-corrected chi connectivity index (χ4v) is 0.889. The highest BCUT2D eigenvalue weighted by molar-refractivity contribution is 14.1. The number of carboxylic acid groups (broad SMARTS) is 1. The molecule has 3 N–H and O–H groups in total. The van der Waals surface area contributed by atoms with Crippen LogP contribution < -0.4 is 5.73 Å². The van der Waals surface area contributed by atoms with Crippen molar-refractivity contribution in [2.75, 3.05) is 0 Å². The molecule has 0 aromatic carbocycles. The molecule has 3 nitrogen and oxygen atoms in total. The van der Waals surface area contributed by atoms with Crippen LogP contribution in [0, 0.1) is 0 Å². The van der Waals surface area contributed by atoms with Crippen molar-refractivity contribution in [2.45, 2.75) is 23.3 Å². The molecular weight excluding hydrogens is 233 g/mol. The first-order chi connectivity index (χ1) is 4.13. The Balaban J connectivity index is 3.01. The standard InChI is InChI=1S/C5H10INO2/c6-4(7)2-1-3-5(8)9/h4H,1-3,7H2,(H,8,9). The predicted molar refractivity (Wildman–Crippen MR) is 43.5 cm³/mol. The topological polar surface area (TPSA) is 63.3 Å². The lowest BCUT2D eigenvalue weighted by molar-refractivity contribution is -0.137. The molecular formula is C5H10INO2. The summed E-state index contributed by atoms with van der Waals surface area (Å²) >= 11 is 2.07. The van der Waals surface area contributed by atoms with Crippen LogP contribution in [0.25, 0.3) is 0 Å². The maximum atomic E-state index is 9.94. The number of halogens is 1. The van der Waals surface area contributed by atoms with Crippen molar-refractivity contribution < 1.29 is 9.90 Å². The number of rotatable bonds is 4. The van der Waals surface area contributed by atoms with E-state index in [0.29, 0.717) is 6.42 Å². The second kappa shape index (κ2) is 4.99. The summed E-state index contributed by atoms with van der Waals surface area (Å²) in [6, 6.07) is 0. The van der Waals surface area contributed by atoms with E-state index in [0.717, 1.165) is 6.42 Å². The van der Waals surface area contributed by atoms with Gasteiger partial charge in [0, 0.05) is 6.42 Å². The average molecular weight is 243 g/mol. The summed E-state index contributed by atoms with van der Waals surface area (Å²) in [5.74, 6) is -0.743. The molecule has 0 aliphatic heterocycles. The van der Waals surface area contributed by atoms with E-state index in [4.69, 9.17) is 10.8 Å². The minimum absolute atomic E-state index is 0.0990. The van der Waals surface area contributed by atoms with E-state index in [1.165, 1.54) is 0 Å². The zero-order chi connectivity index (χ0) is 7.28. The number of carbonyl (C=O) groups is 1. The van der Waals surface area contributed by atoms with Gasteiger partial charge in [-0.2, -0.15) is 0 Å². The van der Waals surface area contributed by atoms with Crippen molar-refractivity contribution in [2.24, 2.45) is 5.73 Å². The first-order valence-corrected chi connectivity index (χ1v) is 3.99. The Kier molecular flexibility index (Phi) is 5.07. The Morgan fingerprint density at radius 1 is 1.78 bits per heavy atom. The fourth-order valence-electron chi connectivity index (χ4n) is 0.448. The summed E-state index contributed by atoms with van der Waals surface area (Å²) < 4.78 is 0.0990. The molecule has 0 fully saturated rings. The van der Waals surface area contributed by atoms with Crippen molar-refractivity contribution in [3.8, 4) is 0 Å². The largest absolute Gasteiger partial charge is 0.481 e. The monoisotopic (exact) mass is 243 g/mol. The Labute approximate surface area is 67.8 Å². The summed E-state index contributed by atoms with van der Waals surface area (Å²) in [4.78, 5) is 9.94. The number of alkyl halides is 1. The van der Waals surface area contributed by atoms with Crippen LogP contribution in [0.4, 0.5) is 0 Å². The van der Waals surface area contributed by atoms with Crippen LogP contribution in [-0.2, 0) is 4.79 Å². The van der Waals surface area contributed by atoms with Gasteiger partial charge in [0.25, 0.3) is 0 Å². The third-order valence-electron chi connectivity index (χ3n) is 0.871. The van der Waals surface area contributed by atoms with Crippen LogP contribution in [0.1, 0.15) is 19.3 Å². The minimum atomic E-state index is -0.743. The molecule has 1 unspecified atom stereocenters. The van der Waals surface area contributed by atoms with Gasteiger partial charge in [0.1, 0.15) is 0 Å². The van der Waals surface area contributed by atoms with Crippen molar-refractivity contribution in [3.05, 3.63) is 0 Å². The van der Waals surface area contributed by atoms with Gasteiger partial charge in [-0.05, 0) is 12.8 Å². The van der Waals surface area contributed by atoms with Crippen LogP contribution >= 0.6 is 22.6 Å². The smallest absolute Gasteiger partial charge is 0.303 e. The molecule has 0 heterocycles. The number of hydrogen-bond acceptors (Lipinski definition) is 2. The van der Waals surface area contributed by atoms with E-state index in [-0.39, 0.29) is 10.5 Å². The molecule has 0 aromatic heterocycles. The zero-order valence-corrected chi connectivity index (χ0v) is 7.17. The SMILES string of the molecule is NC(I)CCCC(=O)O. The van der Waals surface area contributed by atoms with E-state index >= 15 is 0 Å². The molecule has 54 valence electrons. The zero-order valence-electron chi connectivity index (χ0n) is 5.01. The normalized spacial score (nSPS) is 13.1. The van der Waals surface area contributed by atoms with Crippen LogP contribution in [0.2, 0.25) is 0 Å². The molecule has 0 aliphatic rings. The van der Waals surface area contributed by atoms with E-state index in [1.54, 1.807) is 0 Å². The highest BCUT2D eigenvalue weighted by atomic mass is 127. The molecule has 0 saturated carbocycles. The number of carboxylic acids is 1. The second-order valence-electron chi connectivity index (χ2n) is 1.80. The molecule has 1 atom stereocenters. The van der Waals surface area contributed by atoms with E-state index in [2.05, 4.69) is 22.6 Å². The van der Waals surface area contributed by atoms with E-state index in [1.807, 2.05) is 0 Å². The van der Waals surface area contributed by atoms with Gasteiger partial charge < -0.3 is 10.8 Å². The van der Waals surface area contributed by atoms with Crippen molar-refractivity contribution >= 4 is 28.6 Å². The Morgan fingerprint density at radius 2 is 2.33 bits per heavy atom. The maximum absolute atomic E-state index is 9.94. The molecule has 0 amide bonds. The lowest BCUT2D eigenvalue weighted by atomic mass is 10.2. The third-order valence-corrected chi connectivity index (χ3v) is 1.49. The summed E-state index contributed by atoms with van der Waals surface area (Å²) in [5.41, 5.74) is 5.37. The van der Waals surface area contributed by atoms with Gasteiger partial charge in [0.15, 0.2) is 0 Å². The van der Waals surface area contributed by atoms with Crippen LogP contribution in [0.3, 0.4) is 0 Å². The average Bonchev–Trinajstić information content (AvgIpc) is 1.63. The Hall–Kier alpha value is 0.160. The summed E-state index contributed by atoms with van der Waals surface area (Å²) in [6.45, 7) is 0. The second-order valence-corrected chi connectivity index (χ2v) is 3.40. The van der Waals surface area contributed by atoms with Gasteiger partial charge in [-0.15, -0.1) is 0 Å². The van der Waals surface area contributed by atoms with Crippen LogP contribution in [-0.4, -0.2) is 15.1 Å². The molecule has 0 rings (SSSR count). The Bertz CT molecular complexity index is 95.0. The van der Waals surface area contributed by atoms with Crippen molar-refractivity contribution in [1.82, 2.24) is 0 Å². The van der Waals surface area contributed by atoms with Gasteiger partial charge >= 0.3 is 5.97 Å². The lowest BCUT2D eigenvalue weighted by Gasteiger charge is -1.98.